The lowest BCUT2D eigenvalue weighted by atomic mass is 9.97. The van der Waals surface area contributed by atoms with Crippen LogP contribution < -0.4 is 5.32 Å². The monoisotopic (exact) mass is 254 g/mol. The van der Waals surface area contributed by atoms with Gasteiger partial charge in [0.25, 0.3) is 0 Å². The van der Waals surface area contributed by atoms with E-state index in [4.69, 9.17) is 4.74 Å². The van der Waals surface area contributed by atoms with Crippen LogP contribution in [0.15, 0.2) is 0 Å². The molecule has 0 aromatic heterocycles. The van der Waals surface area contributed by atoms with Gasteiger partial charge in [0, 0.05) is 26.2 Å². The van der Waals surface area contributed by atoms with Crippen molar-refractivity contribution in [3.05, 3.63) is 0 Å². The molecule has 4 heteroatoms. The van der Waals surface area contributed by atoms with E-state index in [9.17, 15) is 4.79 Å². The fourth-order valence-corrected chi connectivity index (χ4v) is 2.83. The maximum atomic E-state index is 12.6. The Balaban J connectivity index is 1.94. The molecule has 1 saturated carbocycles. The minimum Gasteiger partial charge on any atom is -0.383 e. The number of amides is 1. The number of hydrogen-bond donors (Lipinski definition) is 1. The molecule has 1 saturated heterocycles. The van der Waals surface area contributed by atoms with Crippen molar-refractivity contribution in [2.75, 3.05) is 33.4 Å². The van der Waals surface area contributed by atoms with Gasteiger partial charge in [-0.05, 0) is 45.1 Å². The summed E-state index contributed by atoms with van der Waals surface area (Å²) in [5, 5.41) is 3.33. The molecule has 0 spiro atoms. The molecule has 2 unspecified atom stereocenters. The molecule has 1 amide bonds. The molecule has 2 aliphatic rings. The van der Waals surface area contributed by atoms with Crippen LogP contribution in [-0.4, -0.2) is 50.2 Å². The van der Waals surface area contributed by atoms with Gasteiger partial charge in [-0.15, -0.1) is 0 Å². The first-order valence-electron chi connectivity index (χ1n) is 7.24. The van der Waals surface area contributed by atoms with Gasteiger partial charge in [-0.3, -0.25) is 4.79 Å². The second-order valence-corrected chi connectivity index (χ2v) is 5.65. The van der Waals surface area contributed by atoms with Crippen LogP contribution in [0.3, 0.4) is 0 Å². The molecule has 2 fully saturated rings. The highest BCUT2D eigenvalue weighted by Crippen LogP contribution is 2.35. The molecule has 0 radical (unpaired) electrons. The standard InChI is InChI=1S/C14H26N2O2/c1-11(12-5-6-12)16(8-9-18-2)14(17)13-4-3-7-15-10-13/h11-13,15H,3-10H2,1-2H3. The quantitative estimate of drug-likeness (QED) is 0.776. The lowest BCUT2D eigenvalue weighted by molar-refractivity contribution is -0.139. The molecule has 0 aromatic rings. The Morgan fingerprint density at radius 1 is 1.44 bits per heavy atom. The lowest BCUT2D eigenvalue weighted by Crippen LogP contribution is -2.48. The van der Waals surface area contributed by atoms with Crippen LogP contribution in [0, 0.1) is 11.8 Å². The molecule has 1 heterocycles. The van der Waals surface area contributed by atoms with Crippen molar-refractivity contribution in [2.45, 2.75) is 38.6 Å². The topological polar surface area (TPSA) is 41.6 Å². The highest BCUT2D eigenvalue weighted by atomic mass is 16.5. The molecular formula is C14H26N2O2. The number of nitrogens with one attached hydrogen (secondary N) is 1. The zero-order valence-electron chi connectivity index (χ0n) is 11.7. The van der Waals surface area contributed by atoms with Crippen LogP contribution in [0.25, 0.3) is 0 Å². The smallest absolute Gasteiger partial charge is 0.227 e. The van der Waals surface area contributed by atoms with Gasteiger partial charge in [0.05, 0.1) is 12.5 Å². The van der Waals surface area contributed by atoms with Crippen LogP contribution in [0.5, 0.6) is 0 Å². The van der Waals surface area contributed by atoms with Crippen LogP contribution in [0.4, 0.5) is 0 Å². The van der Waals surface area contributed by atoms with E-state index in [0.717, 1.165) is 38.4 Å². The summed E-state index contributed by atoms with van der Waals surface area (Å²) >= 11 is 0. The fraction of sp³-hybridized carbons (Fsp3) is 0.929. The summed E-state index contributed by atoms with van der Waals surface area (Å²) in [6, 6.07) is 0.384. The molecule has 0 bridgehead atoms. The van der Waals surface area contributed by atoms with Gasteiger partial charge < -0.3 is 15.0 Å². The number of piperidine rings is 1. The van der Waals surface area contributed by atoms with Crippen molar-refractivity contribution in [3.63, 3.8) is 0 Å². The first-order valence-corrected chi connectivity index (χ1v) is 7.24. The Kier molecular flexibility index (Phi) is 5.01. The van der Waals surface area contributed by atoms with Crippen LogP contribution in [0.1, 0.15) is 32.6 Å². The van der Waals surface area contributed by atoms with Crippen LogP contribution >= 0.6 is 0 Å². The lowest BCUT2D eigenvalue weighted by Gasteiger charge is -2.34. The highest BCUT2D eigenvalue weighted by molar-refractivity contribution is 5.79. The zero-order valence-corrected chi connectivity index (χ0v) is 11.7. The van der Waals surface area contributed by atoms with E-state index in [-0.39, 0.29) is 5.92 Å². The van der Waals surface area contributed by atoms with Crippen molar-refractivity contribution in [3.8, 4) is 0 Å². The first kappa shape index (κ1) is 13.8. The summed E-state index contributed by atoms with van der Waals surface area (Å²) in [7, 11) is 1.70. The Bertz CT molecular complexity index is 273. The summed E-state index contributed by atoms with van der Waals surface area (Å²) in [6.07, 6.45) is 4.71. The van der Waals surface area contributed by atoms with E-state index < -0.39 is 0 Å². The van der Waals surface area contributed by atoms with Gasteiger partial charge in [-0.1, -0.05) is 0 Å². The first-order chi connectivity index (χ1) is 8.74. The predicted molar refractivity (Wildman–Crippen MR) is 71.4 cm³/mol. The molecule has 4 nitrogen and oxygen atoms in total. The maximum absolute atomic E-state index is 12.6. The molecule has 1 N–H and O–H groups in total. The van der Waals surface area contributed by atoms with Crippen LogP contribution in [-0.2, 0) is 9.53 Å². The predicted octanol–water partition coefficient (Wildman–Crippen LogP) is 1.26. The van der Waals surface area contributed by atoms with E-state index in [0.29, 0.717) is 18.6 Å². The largest absolute Gasteiger partial charge is 0.383 e. The van der Waals surface area contributed by atoms with Crippen LogP contribution in [0.2, 0.25) is 0 Å². The number of nitrogens with zero attached hydrogens (tertiary/aromatic N) is 1. The van der Waals surface area contributed by atoms with Gasteiger partial charge in [0.2, 0.25) is 5.91 Å². The second-order valence-electron chi connectivity index (χ2n) is 5.65. The summed E-state index contributed by atoms with van der Waals surface area (Å²) < 4.78 is 5.15. The molecule has 0 aromatic carbocycles. The number of carbonyl (C=O) groups excluding carboxylic acids is 1. The Morgan fingerprint density at radius 3 is 2.78 bits per heavy atom. The Morgan fingerprint density at radius 2 is 2.22 bits per heavy atom. The Hall–Kier alpha value is -0.610. The van der Waals surface area contributed by atoms with E-state index in [2.05, 4.69) is 17.1 Å². The average molecular weight is 254 g/mol. The van der Waals surface area contributed by atoms with Gasteiger partial charge in [0.15, 0.2) is 0 Å². The van der Waals surface area contributed by atoms with Gasteiger partial charge >= 0.3 is 0 Å². The zero-order chi connectivity index (χ0) is 13.0. The average Bonchev–Trinajstić information content (AvgIpc) is 3.24. The number of rotatable bonds is 6. The van der Waals surface area contributed by atoms with E-state index in [1.165, 1.54) is 12.8 Å². The van der Waals surface area contributed by atoms with Crippen molar-refractivity contribution in [2.24, 2.45) is 11.8 Å². The minimum absolute atomic E-state index is 0.178. The number of carbonyl (C=O) groups is 1. The molecule has 1 aliphatic carbocycles. The second kappa shape index (κ2) is 6.53. The van der Waals surface area contributed by atoms with Gasteiger partial charge in [-0.2, -0.15) is 0 Å². The number of hydrogen-bond acceptors (Lipinski definition) is 3. The third-order valence-corrected chi connectivity index (χ3v) is 4.26. The Labute approximate surface area is 110 Å². The fourth-order valence-electron chi connectivity index (χ4n) is 2.83. The van der Waals surface area contributed by atoms with Crippen molar-refractivity contribution >= 4 is 5.91 Å². The third-order valence-electron chi connectivity index (χ3n) is 4.26. The molecule has 18 heavy (non-hydrogen) atoms. The molecule has 1 aliphatic heterocycles. The SMILES string of the molecule is COCCN(C(=O)C1CCCNC1)C(C)C1CC1. The number of ether oxygens (including phenoxy) is 1. The molecular weight excluding hydrogens is 228 g/mol. The highest BCUT2D eigenvalue weighted by Gasteiger charge is 2.36. The normalized spacial score (nSPS) is 25.8. The molecule has 2 atom stereocenters. The van der Waals surface area contributed by atoms with Crippen molar-refractivity contribution in [1.82, 2.24) is 10.2 Å². The number of methoxy groups -OCH3 is 1. The summed E-state index contributed by atoms with van der Waals surface area (Å²) in [5.41, 5.74) is 0. The maximum Gasteiger partial charge on any atom is 0.227 e. The summed E-state index contributed by atoms with van der Waals surface area (Å²) in [5.74, 6) is 1.23. The van der Waals surface area contributed by atoms with Gasteiger partial charge in [-0.25, -0.2) is 0 Å². The van der Waals surface area contributed by atoms with Crippen molar-refractivity contribution in [1.29, 1.82) is 0 Å². The molecule has 104 valence electrons. The summed E-state index contributed by atoms with van der Waals surface area (Å²) in [4.78, 5) is 14.7. The van der Waals surface area contributed by atoms with Gasteiger partial charge in [0.1, 0.15) is 0 Å². The van der Waals surface area contributed by atoms with E-state index in [1.807, 2.05) is 0 Å². The van der Waals surface area contributed by atoms with Crippen molar-refractivity contribution < 1.29 is 9.53 Å². The molecule has 2 rings (SSSR count). The van der Waals surface area contributed by atoms with E-state index in [1.54, 1.807) is 7.11 Å². The van der Waals surface area contributed by atoms with E-state index >= 15 is 0 Å². The summed E-state index contributed by atoms with van der Waals surface area (Å²) in [6.45, 7) is 5.48. The minimum atomic E-state index is 0.178. The third kappa shape index (κ3) is 3.45.